The number of ether oxygens (including phenoxy) is 2. The molecule has 124 valence electrons. The minimum absolute atomic E-state index is 0.000397. The summed E-state index contributed by atoms with van der Waals surface area (Å²) in [5.74, 6) is 1.54. The van der Waals surface area contributed by atoms with Crippen molar-refractivity contribution in [1.82, 2.24) is 5.32 Å². The lowest BCUT2D eigenvalue weighted by Gasteiger charge is -2.17. The summed E-state index contributed by atoms with van der Waals surface area (Å²) in [6.07, 6.45) is 0. The van der Waals surface area contributed by atoms with Gasteiger partial charge in [-0.3, -0.25) is 4.79 Å². The molecule has 1 amide bonds. The first-order valence-corrected chi connectivity index (χ1v) is 8.38. The molecule has 4 nitrogen and oxygen atoms in total. The lowest BCUT2D eigenvalue weighted by molar-refractivity contribution is 0.0965. The van der Waals surface area contributed by atoms with Gasteiger partial charge < -0.3 is 14.8 Å². The largest absolute Gasteiger partial charge is 0.454 e. The molecule has 0 radical (unpaired) electrons. The van der Waals surface area contributed by atoms with Crippen molar-refractivity contribution in [3.05, 3.63) is 58.7 Å². The van der Waals surface area contributed by atoms with E-state index in [0.717, 1.165) is 50.1 Å². The second-order valence-corrected chi connectivity index (χ2v) is 6.62. The zero-order valence-corrected chi connectivity index (χ0v) is 14.1. The molecule has 1 N–H and O–H groups in total. The molecule has 0 saturated heterocycles. The van der Waals surface area contributed by atoms with Crippen molar-refractivity contribution in [2.45, 2.75) is 20.4 Å². The van der Waals surface area contributed by atoms with E-state index in [2.05, 4.69) is 36.5 Å². The van der Waals surface area contributed by atoms with Crippen LogP contribution in [0, 0.1) is 13.8 Å². The number of hydrogen-bond acceptors (Lipinski definition) is 3. The Bertz CT molecular complexity index is 1050. The third-order valence-electron chi connectivity index (χ3n) is 5.16. The highest BCUT2D eigenvalue weighted by atomic mass is 16.7. The summed E-state index contributed by atoms with van der Waals surface area (Å²) < 4.78 is 11.4. The zero-order valence-electron chi connectivity index (χ0n) is 14.1. The average molecular weight is 331 g/mol. The molecule has 3 aromatic carbocycles. The van der Waals surface area contributed by atoms with Gasteiger partial charge >= 0.3 is 0 Å². The van der Waals surface area contributed by atoms with Gasteiger partial charge in [-0.05, 0) is 47.6 Å². The zero-order chi connectivity index (χ0) is 17.1. The summed E-state index contributed by atoms with van der Waals surface area (Å²) >= 11 is 0. The Hall–Kier alpha value is -3.01. The highest BCUT2D eigenvalue weighted by molar-refractivity contribution is 6.13. The monoisotopic (exact) mass is 331 g/mol. The first-order valence-electron chi connectivity index (χ1n) is 8.38. The number of aryl methyl sites for hydroxylation is 2. The number of nitrogens with one attached hydrogen (secondary N) is 1. The molecule has 0 aromatic heterocycles. The first kappa shape index (κ1) is 14.3. The van der Waals surface area contributed by atoms with Gasteiger partial charge in [0.1, 0.15) is 0 Å². The fraction of sp³-hybridized carbons (Fsp3) is 0.190. The van der Waals surface area contributed by atoms with Gasteiger partial charge in [0.05, 0.1) is 0 Å². The predicted octanol–water partition coefficient (Wildman–Crippen LogP) is 4.10. The standard InChI is InChI=1S/C21H17NO3/c1-11-3-5-13(6-4-11)18-15-9-22-21(23)17(15)12(2)14-7-8-16-20(19(14)18)25-10-24-16/h3-8H,9-10H2,1-2H3,(H,22,23). The fourth-order valence-corrected chi connectivity index (χ4v) is 3.95. The first-order chi connectivity index (χ1) is 12.1. The van der Waals surface area contributed by atoms with Crippen molar-refractivity contribution in [2.75, 3.05) is 6.79 Å². The SMILES string of the molecule is Cc1ccc(-c2c3c(c(C)c4ccc5c(c24)OCO5)C(=O)NC3)cc1. The van der Waals surface area contributed by atoms with Crippen molar-refractivity contribution >= 4 is 16.7 Å². The molecule has 0 fully saturated rings. The number of amides is 1. The molecule has 0 spiro atoms. The van der Waals surface area contributed by atoms with E-state index in [0.29, 0.717) is 6.54 Å². The van der Waals surface area contributed by atoms with E-state index in [9.17, 15) is 4.79 Å². The van der Waals surface area contributed by atoms with Crippen LogP contribution < -0.4 is 14.8 Å². The molecule has 0 bridgehead atoms. The van der Waals surface area contributed by atoms with Crippen LogP contribution in [0.5, 0.6) is 11.5 Å². The third kappa shape index (κ3) is 1.91. The minimum Gasteiger partial charge on any atom is -0.454 e. The Morgan fingerprint density at radius 2 is 1.76 bits per heavy atom. The van der Waals surface area contributed by atoms with E-state index < -0.39 is 0 Å². The molecule has 4 heteroatoms. The van der Waals surface area contributed by atoms with Crippen LogP contribution >= 0.6 is 0 Å². The third-order valence-corrected chi connectivity index (χ3v) is 5.16. The van der Waals surface area contributed by atoms with Crippen molar-refractivity contribution in [3.63, 3.8) is 0 Å². The molecule has 3 aromatic rings. The Kier molecular flexibility index (Phi) is 2.86. The molecular weight excluding hydrogens is 314 g/mol. The summed E-state index contributed by atoms with van der Waals surface area (Å²) in [5.41, 5.74) is 6.19. The van der Waals surface area contributed by atoms with Gasteiger partial charge in [-0.2, -0.15) is 0 Å². The molecule has 0 saturated carbocycles. The summed E-state index contributed by atoms with van der Waals surface area (Å²) in [4.78, 5) is 12.4. The van der Waals surface area contributed by atoms with Gasteiger partial charge in [0.25, 0.3) is 5.91 Å². The summed E-state index contributed by atoms with van der Waals surface area (Å²) in [6, 6.07) is 12.4. The maximum absolute atomic E-state index is 12.4. The second-order valence-electron chi connectivity index (χ2n) is 6.62. The molecule has 2 aliphatic heterocycles. The van der Waals surface area contributed by atoms with Crippen LogP contribution in [0.25, 0.3) is 21.9 Å². The fourth-order valence-electron chi connectivity index (χ4n) is 3.95. The Morgan fingerprint density at radius 1 is 0.960 bits per heavy atom. The van der Waals surface area contributed by atoms with Crippen molar-refractivity contribution in [3.8, 4) is 22.6 Å². The van der Waals surface area contributed by atoms with E-state index in [-0.39, 0.29) is 12.7 Å². The van der Waals surface area contributed by atoms with Crippen LogP contribution in [-0.4, -0.2) is 12.7 Å². The Balaban J connectivity index is 1.97. The lowest BCUT2D eigenvalue weighted by atomic mass is 9.86. The topological polar surface area (TPSA) is 47.6 Å². The van der Waals surface area contributed by atoms with Crippen LogP contribution in [-0.2, 0) is 6.54 Å². The van der Waals surface area contributed by atoms with Gasteiger partial charge in [-0.25, -0.2) is 0 Å². The Labute approximate surface area is 145 Å². The molecule has 2 aliphatic rings. The van der Waals surface area contributed by atoms with E-state index >= 15 is 0 Å². The average Bonchev–Trinajstić information content (AvgIpc) is 3.23. The minimum atomic E-state index is 0.000397. The molecule has 2 heterocycles. The number of fused-ring (bicyclic) bond motifs is 4. The quantitative estimate of drug-likeness (QED) is 0.730. The maximum atomic E-state index is 12.4. The van der Waals surface area contributed by atoms with Crippen molar-refractivity contribution in [1.29, 1.82) is 0 Å². The van der Waals surface area contributed by atoms with Gasteiger partial charge in [-0.15, -0.1) is 0 Å². The van der Waals surface area contributed by atoms with Crippen molar-refractivity contribution in [2.24, 2.45) is 0 Å². The highest BCUT2D eigenvalue weighted by Crippen LogP contribution is 2.48. The number of carbonyl (C=O) groups is 1. The molecule has 25 heavy (non-hydrogen) atoms. The highest BCUT2D eigenvalue weighted by Gasteiger charge is 2.30. The molecular formula is C21H17NO3. The summed E-state index contributed by atoms with van der Waals surface area (Å²) in [6.45, 7) is 4.85. The van der Waals surface area contributed by atoms with Gasteiger partial charge in [0.15, 0.2) is 11.5 Å². The van der Waals surface area contributed by atoms with Gasteiger partial charge in [0, 0.05) is 17.5 Å². The normalized spacial score (nSPS) is 14.7. The predicted molar refractivity (Wildman–Crippen MR) is 96.2 cm³/mol. The van der Waals surface area contributed by atoms with Crippen LogP contribution in [0.1, 0.15) is 27.0 Å². The molecule has 0 atom stereocenters. The second kappa shape index (κ2) is 4.99. The van der Waals surface area contributed by atoms with Crippen LogP contribution in [0.15, 0.2) is 36.4 Å². The number of hydrogen-bond donors (Lipinski definition) is 1. The van der Waals surface area contributed by atoms with Crippen LogP contribution in [0.3, 0.4) is 0 Å². The van der Waals surface area contributed by atoms with Gasteiger partial charge in [-0.1, -0.05) is 35.9 Å². The Morgan fingerprint density at radius 3 is 2.56 bits per heavy atom. The molecule has 0 aliphatic carbocycles. The summed E-state index contributed by atoms with van der Waals surface area (Å²) in [7, 11) is 0. The van der Waals surface area contributed by atoms with Crippen LogP contribution in [0.2, 0.25) is 0 Å². The van der Waals surface area contributed by atoms with E-state index in [4.69, 9.17) is 9.47 Å². The summed E-state index contributed by atoms with van der Waals surface area (Å²) in [5, 5.41) is 5.05. The lowest BCUT2D eigenvalue weighted by Crippen LogP contribution is -2.13. The van der Waals surface area contributed by atoms with Crippen molar-refractivity contribution < 1.29 is 14.3 Å². The molecule has 5 rings (SSSR count). The number of benzene rings is 3. The maximum Gasteiger partial charge on any atom is 0.252 e. The molecule has 0 unspecified atom stereocenters. The number of rotatable bonds is 1. The van der Waals surface area contributed by atoms with E-state index in [1.54, 1.807) is 0 Å². The van der Waals surface area contributed by atoms with E-state index in [1.165, 1.54) is 5.56 Å². The smallest absolute Gasteiger partial charge is 0.252 e. The number of carbonyl (C=O) groups excluding carboxylic acids is 1. The van der Waals surface area contributed by atoms with E-state index in [1.807, 2.05) is 19.1 Å². The van der Waals surface area contributed by atoms with Crippen LogP contribution in [0.4, 0.5) is 0 Å². The van der Waals surface area contributed by atoms with Gasteiger partial charge in [0.2, 0.25) is 6.79 Å².